The van der Waals surface area contributed by atoms with Gasteiger partial charge in [-0.2, -0.15) is 0 Å². The van der Waals surface area contributed by atoms with Crippen molar-refractivity contribution in [1.82, 2.24) is 0 Å². The number of hydrogen-bond acceptors (Lipinski definition) is 5. The van der Waals surface area contributed by atoms with E-state index in [2.05, 4.69) is 33.9 Å². The van der Waals surface area contributed by atoms with Gasteiger partial charge in [0, 0.05) is 12.8 Å². The first-order chi connectivity index (χ1) is 10.4. The molecule has 132 valence electrons. The molecule has 1 saturated heterocycles. The maximum Gasteiger partial charge on any atom is 0.192 e. The fourth-order valence-corrected chi connectivity index (χ4v) is 4.43. The molecule has 1 aliphatic carbocycles. The lowest BCUT2D eigenvalue weighted by Gasteiger charge is -2.43. The van der Waals surface area contributed by atoms with Crippen LogP contribution in [0.25, 0.3) is 0 Å². The lowest BCUT2D eigenvalue weighted by atomic mass is 9.80. The third-order valence-electron chi connectivity index (χ3n) is 5.34. The Morgan fingerprint density at radius 2 is 1.83 bits per heavy atom. The first kappa shape index (κ1) is 18.8. The zero-order valence-electron chi connectivity index (χ0n) is 15.3. The molecule has 0 radical (unpaired) electrons. The number of rotatable bonds is 4. The van der Waals surface area contributed by atoms with Gasteiger partial charge in [-0.05, 0) is 32.0 Å². The second-order valence-corrected chi connectivity index (χ2v) is 13.4. The van der Waals surface area contributed by atoms with Gasteiger partial charge in [-0.25, -0.2) is 0 Å². The Morgan fingerprint density at radius 3 is 2.35 bits per heavy atom. The van der Waals surface area contributed by atoms with E-state index in [1.54, 1.807) is 0 Å². The molecular formula is C17H30O5Si. The smallest absolute Gasteiger partial charge is 0.192 e. The molecule has 0 N–H and O–H groups in total. The van der Waals surface area contributed by atoms with Crippen LogP contribution >= 0.6 is 0 Å². The van der Waals surface area contributed by atoms with Gasteiger partial charge in [-0.1, -0.05) is 20.8 Å². The van der Waals surface area contributed by atoms with E-state index in [1.165, 1.54) is 0 Å². The van der Waals surface area contributed by atoms with Gasteiger partial charge < -0.3 is 18.7 Å². The molecule has 23 heavy (non-hydrogen) atoms. The van der Waals surface area contributed by atoms with E-state index in [-0.39, 0.29) is 29.5 Å². The number of carbonyl (C=O) groups is 2. The van der Waals surface area contributed by atoms with Gasteiger partial charge in [-0.15, -0.1) is 0 Å². The molecule has 2 aliphatic rings. The number of ether oxygens (including phenoxy) is 2. The van der Waals surface area contributed by atoms with Crippen molar-refractivity contribution in [3.8, 4) is 0 Å². The van der Waals surface area contributed by atoms with E-state index in [1.807, 2.05) is 13.8 Å². The molecular weight excluding hydrogens is 312 g/mol. The molecule has 5 nitrogen and oxygen atoms in total. The number of carbonyl (C=O) groups excluding carboxylic acids is 2. The highest BCUT2D eigenvalue weighted by Gasteiger charge is 2.55. The van der Waals surface area contributed by atoms with Crippen molar-refractivity contribution >= 4 is 20.4 Å². The molecule has 2 rings (SSSR count). The molecule has 0 unspecified atom stereocenters. The molecule has 4 atom stereocenters. The summed E-state index contributed by atoms with van der Waals surface area (Å²) in [5.74, 6) is -1.13. The van der Waals surface area contributed by atoms with Crippen molar-refractivity contribution in [2.75, 3.05) is 0 Å². The predicted octanol–water partition coefficient (Wildman–Crippen LogP) is 3.07. The summed E-state index contributed by atoms with van der Waals surface area (Å²) in [6.07, 6.45) is 0.298. The molecule has 0 aromatic heterocycles. The highest BCUT2D eigenvalue weighted by Crippen LogP contribution is 2.44. The molecule has 0 aromatic carbocycles. The normalized spacial score (nSPS) is 34.3. The standard InChI is InChI=1S/C17H30O5Si/c1-16(2,3)23(6,7)22-13-10-12(19)11(8-9-18)14-15(13)21-17(4,5)20-14/h9,11,13-15H,8,10H2,1-7H3/t11-,13-,14+,15+/m0/s1. The number of fused-ring (bicyclic) bond motifs is 1. The van der Waals surface area contributed by atoms with E-state index < -0.39 is 26.1 Å². The van der Waals surface area contributed by atoms with Gasteiger partial charge in [0.1, 0.15) is 18.2 Å². The van der Waals surface area contributed by atoms with E-state index >= 15 is 0 Å². The predicted molar refractivity (Wildman–Crippen MR) is 89.7 cm³/mol. The van der Waals surface area contributed by atoms with Crippen LogP contribution < -0.4 is 0 Å². The summed E-state index contributed by atoms with van der Waals surface area (Å²) < 4.78 is 18.5. The van der Waals surface area contributed by atoms with Crippen LogP contribution in [0.15, 0.2) is 0 Å². The van der Waals surface area contributed by atoms with Crippen molar-refractivity contribution in [2.24, 2.45) is 5.92 Å². The van der Waals surface area contributed by atoms with Gasteiger partial charge in [0.05, 0.1) is 18.1 Å². The summed E-state index contributed by atoms with van der Waals surface area (Å²) >= 11 is 0. The zero-order valence-corrected chi connectivity index (χ0v) is 16.3. The van der Waals surface area contributed by atoms with E-state index in [9.17, 15) is 9.59 Å². The van der Waals surface area contributed by atoms with Gasteiger partial charge in [0.15, 0.2) is 14.1 Å². The number of aldehydes is 1. The van der Waals surface area contributed by atoms with Crippen LogP contribution in [0.5, 0.6) is 0 Å². The van der Waals surface area contributed by atoms with Crippen LogP contribution in [0.4, 0.5) is 0 Å². The van der Waals surface area contributed by atoms with E-state index in [0.717, 1.165) is 6.29 Å². The maximum atomic E-state index is 12.5. The summed E-state index contributed by atoms with van der Waals surface area (Å²) in [4.78, 5) is 23.5. The van der Waals surface area contributed by atoms with Crippen LogP contribution in [-0.4, -0.2) is 44.5 Å². The summed E-state index contributed by atoms with van der Waals surface area (Å²) in [6, 6.07) is 0. The molecule has 0 amide bonds. The topological polar surface area (TPSA) is 61.8 Å². The van der Waals surface area contributed by atoms with Gasteiger partial charge in [0.2, 0.25) is 0 Å². The Hall–Kier alpha value is -0.563. The Balaban J connectivity index is 2.25. The second-order valence-electron chi connectivity index (χ2n) is 8.66. The molecule has 2 fully saturated rings. The average Bonchev–Trinajstić information content (AvgIpc) is 2.68. The van der Waals surface area contributed by atoms with Crippen LogP contribution in [0, 0.1) is 5.92 Å². The van der Waals surface area contributed by atoms with Crippen molar-refractivity contribution in [2.45, 2.75) is 89.7 Å². The Labute approximate surface area is 140 Å². The van der Waals surface area contributed by atoms with Crippen LogP contribution in [0.1, 0.15) is 47.5 Å². The summed E-state index contributed by atoms with van der Waals surface area (Å²) in [6.45, 7) is 14.6. The van der Waals surface area contributed by atoms with Crippen molar-refractivity contribution in [3.63, 3.8) is 0 Å². The van der Waals surface area contributed by atoms with Crippen LogP contribution in [-0.2, 0) is 23.5 Å². The molecule has 6 heteroatoms. The number of hydrogen-bond donors (Lipinski definition) is 0. The maximum absolute atomic E-state index is 12.5. The van der Waals surface area contributed by atoms with Gasteiger partial charge in [0.25, 0.3) is 0 Å². The lowest BCUT2D eigenvalue weighted by Crippen LogP contribution is -2.55. The highest BCUT2D eigenvalue weighted by molar-refractivity contribution is 6.74. The van der Waals surface area contributed by atoms with E-state index in [0.29, 0.717) is 6.42 Å². The Kier molecular flexibility index (Phi) is 4.95. The first-order valence-electron chi connectivity index (χ1n) is 8.38. The monoisotopic (exact) mass is 342 g/mol. The third-order valence-corrected chi connectivity index (χ3v) is 9.85. The number of ketones is 1. The fourth-order valence-electron chi connectivity index (χ4n) is 3.10. The zero-order chi connectivity index (χ0) is 17.6. The Morgan fingerprint density at radius 1 is 1.26 bits per heavy atom. The molecule has 1 heterocycles. The van der Waals surface area contributed by atoms with Crippen molar-refractivity contribution < 1.29 is 23.5 Å². The molecule has 0 aromatic rings. The third kappa shape index (κ3) is 3.76. The van der Waals surface area contributed by atoms with Crippen molar-refractivity contribution in [1.29, 1.82) is 0 Å². The molecule has 1 aliphatic heterocycles. The fraction of sp³-hybridized carbons (Fsp3) is 0.882. The first-order valence-corrected chi connectivity index (χ1v) is 11.3. The van der Waals surface area contributed by atoms with Gasteiger partial charge in [-0.3, -0.25) is 4.79 Å². The SMILES string of the molecule is CC1(C)O[C@H]2[C@H](O1)[C@@H](CC=O)C(=O)C[C@@H]2O[Si](C)(C)C(C)(C)C. The lowest BCUT2D eigenvalue weighted by molar-refractivity contribution is -0.154. The van der Waals surface area contributed by atoms with Crippen LogP contribution in [0.3, 0.4) is 0 Å². The largest absolute Gasteiger partial charge is 0.411 e. The minimum Gasteiger partial charge on any atom is -0.411 e. The summed E-state index contributed by atoms with van der Waals surface area (Å²) in [5, 5.41) is 0.0557. The summed E-state index contributed by atoms with van der Waals surface area (Å²) in [5.41, 5.74) is 0. The van der Waals surface area contributed by atoms with Gasteiger partial charge >= 0.3 is 0 Å². The quantitative estimate of drug-likeness (QED) is 0.580. The number of Topliss-reactive ketones (excluding diaryl/α,β-unsaturated/α-hetero) is 1. The Bertz CT molecular complexity index is 480. The minimum absolute atomic E-state index is 0.0448. The van der Waals surface area contributed by atoms with Crippen molar-refractivity contribution in [3.05, 3.63) is 0 Å². The molecule has 0 bridgehead atoms. The average molecular weight is 343 g/mol. The summed E-state index contributed by atoms with van der Waals surface area (Å²) in [7, 11) is -2.03. The highest BCUT2D eigenvalue weighted by atomic mass is 28.4. The van der Waals surface area contributed by atoms with Crippen LogP contribution in [0.2, 0.25) is 18.1 Å². The minimum atomic E-state index is -2.03. The molecule has 0 spiro atoms. The van der Waals surface area contributed by atoms with E-state index in [4.69, 9.17) is 13.9 Å². The second kappa shape index (κ2) is 6.06. The molecule has 1 saturated carbocycles.